The number of oxazole rings is 1. The van der Waals surface area contributed by atoms with Crippen LogP contribution in [0, 0.1) is 0 Å². The number of nitrogens with zero attached hydrogens (tertiary/aromatic N) is 2. The molecule has 0 saturated carbocycles. The summed E-state index contributed by atoms with van der Waals surface area (Å²) in [5.41, 5.74) is 1.82. The van der Waals surface area contributed by atoms with Gasteiger partial charge in [0, 0.05) is 23.2 Å². The normalized spacial score (nSPS) is 19.6. The average Bonchev–Trinajstić information content (AvgIpc) is 3.09. The molecular weight excluding hydrogens is 276 g/mol. The molecule has 0 amide bonds. The van der Waals surface area contributed by atoms with Crippen LogP contribution < -0.4 is 0 Å². The van der Waals surface area contributed by atoms with E-state index < -0.39 is 0 Å². The molecule has 1 fully saturated rings. The van der Waals surface area contributed by atoms with E-state index in [1.165, 1.54) is 0 Å². The number of hydrogen-bond donors (Lipinski definition) is 1. The molecule has 0 bridgehead atoms. The van der Waals surface area contributed by atoms with E-state index in [-0.39, 0.29) is 12.6 Å². The number of halogens is 1. The van der Waals surface area contributed by atoms with Crippen LogP contribution >= 0.6 is 11.6 Å². The zero-order chi connectivity index (χ0) is 13.9. The van der Waals surface area contributed by atoms with Gasteiger partial charge in [-0.25, -0.2) is 4.98 Å². The first-order valence-electron chi connectivity index (χ1n) is 6.81. The van der Waals surface area contributed by atoms with Gasteiger partial charge in [-0.2, -0.15) is 0 Å². The zero-order valence-electron chi connectivity index (χ0n) is 11.1. The van der Waals surface area contributed by atoms with Crippen molar-refractivity contribution in [1.82, 2.24) is 9.88 Å². The molecule has 0 aliphatic carbocycles. The standard InChI is InChI=1S/C15H17ClN2O2/c16-12-5-3-11(4-6-12)15-17-13(10-20-15)8-18-7-1-2-14(18)9-19/h3-6,10,14,19H,1-2,7-9H2/t14-/m1/s1. The maximum Gasteiger partial charge on any atom is 0.226 e. The first-order chi connectivity index (χ1) is 9.76. The fraction of sp³-hybridized carbons (Fsp3) is 0.400. The summed E-state index contributed by atoms with van der Waals surface area (Å²) in [6.45, 7) is 1.94. The summed E-state index contributed by atoms with van der Waals surface area (Å²) in [7, 11) is 0. The van der Waals surface area contributed by atoms with Crippen molar-refractivity contribution in [2.75, 3.05) is 13.2 Å². The third-order valence-corrected chi connectivity index (χ3v) is 3.97. The van der Waals surface area contributed by atoms with E-state index in [1.54, 1.807) is 6.26 Å². The quantitative estimate of drug-likeness (QED) is 0.941. The molecule has 0 radical (unpaired) electrons. The maximum absolute atomic E-state index is 9.33. The number of likely N-dealkylation sites (tertiary alicyclic amines) is 1. The van der Waals surface area contributed by atoms with Gasteiger partial charge < -0.3 is 9.52 Å². The Hall–Kier alpha value is -1.36. The lowest BCUT2D eigenvalue weighted by molar-refractivity contribution is 0.152. The zero-order valence-corrected chi connectivity index (χ0v) is 11.9. The molecule has 0 unspecified atom stereocenters. The topological polar surface area (TPSA) is 49.5 Å². The first-order valence-corrected chi connectivity index (χ1v) is 7.19. The lowest BCUT2D eigenvalue weighted by Gasteiger charge is -2.20. The second-order valence-corrected chi connectivity index (χ2v) is 5.54. The third-order valence-electron chi connectivity index (χ3n) is 3.72. The summed E-state index contributed by atoms with van der Waals surface area (Å²) in [4.78, 5) is 6.76. The summed E-state index contributed by atoms with van der Waals surface area (Å²) < 4.78 is 5.53. The van der Waals surface area contributed by atoms with Crippen LogP contribution in [0.15, 0.2) is 34.9 Å². The second-order valence-electron chi connectivity index (χ2n) is 5.10. The summed E-state index contributed by atoms with van der Waals surface area (Å²) in [6.07, 6.45) is 3.88. The predicted molar refractivity (Wildman–Crippen MR) is 77.5 cm³/mol. The molecular formula is C15H17ClN2O2. The predicted octanol–water partition coefficient (Wildman–Crippen LogP) is 2.95. The molecule has 20 heavy (non-hydrogen) atoms. The molecule has 1 saturated heterocycles. The summed E-state index contributed by atoms with van der Waals surface area (Å²) >= 11 is 5.87. The van der Waals surface area contributed by atoms with Gasteiger partial charge in [-0.3, -0.25) is 4.90 Å². The van der Waals surface area contributed by atoms with Crippen LogP contribution in [-0.2, 0) is 6.54 Å². The van der Waals surface area contributed by atoms with Gasteiger partial charge in [-0.15, -0.1) is 0 Å². The maximum atomic E-state index is 9.33. The lowest BCUT2D eigenvalue weighted by Crippen LogP contribution is -2.31. The van der Waals surface area contributed by atoms with Gasteiger partial charge in [-0.1, -0.05) is 11.6 Å². The van der Waals surface area contributed by atoms with Crippen molar-refractivity contribution in [3.05, 3.63) is 41.2 Å². The van der Waals surface area contributed by atoms with Gasteiger partial charge in [0.1, 0.15) is 6.26 Å². The van der Waals surface area contributed by atoms with Crippen molar-refractivity contribution in [3.8, 4) is 11.5 Å². The number of rotatable bonds is 4. The molecule has 5 heteroatoms. The highest BCUT2D eigenvalue weighted by atomic mass is 35.5. The minimum atomic E-state index is 0.210. The molecule has 1 aromatic heterocycles. The smallest absolute Gasteiger partial charge is 0.226 e. The van der Waals surface area contributed by atoms with Gasteiger partial charge in [0.05, 0.1) is 12.3 Å². The molecule has 0 spiro atoms. The van der Waals surface area contributed by atoms with Crippen LogP contribution in [0.25, 0.3) is 11.5 Å². The largest absolute Gasteiger partial charge is 0.444 e. The SMILES string of the molecule is OC[C@H]1CCCN1Cc1coc(-c2ccc(Cl)cc2)n1. The lowest BCUT2D eigenvalue weighted by atomic mass is 10.2. The van der Waals surface area contributed by atoms with Crippen LogP contribution in [0.3, 0.4) is 0 Å². The van der Waals surface area contributed by atoms with Crippen molar-refractivity contribution in [2.24, 2.45) is 0 Å². The summed E-state index contributed by atoms with van der Waals surface area (Å²) in [6, 6.07) is 7.69. The van der Waals surface area contributed by atoms with Crippen LogP contribution in [0.1, 0.15) is 18.5 Å². The second kappa shape index (κ2) is 5.95. The third kappa shape index (κ3) is 2.87. The van der Waals surface area contributed by atoms with Crippen LogP contribution in [0.4, 0.5) is 0 Å². The van der Waals surface area contributed by atoms with Crippen molar-refractivity contribution >= 4 is 11.6 Å². The minimum absolute atomic E-state index is 0.210. The molecule has 1 aliphatic heterocycles. The molecule has 1 aliphatic rings. The molecule has 1 N–H and O–H groups in total. The first kappa shape index (κ1) is 13.6. The van der Waals surface area contributed by atoms with Crippen LogP contribution in [-0.4, -0.2) is 34.2 Å². The number of aromatic nitrogens is 1. The molecule has 1 atom stereocenters. The fourth-order valence-electron chi connectivity index (χ4n) is 2.62. The monoisotopic (exact) mass is 292 g/mol. The van der Waals surface area contributed by atoms with E-state index in [0.29, 0.717) is 10.9 Å². The number of hydrogen-bond acceptors (Lipinski definition) is 4. The van der Waals surface area contributed by atoms with E-state index in [2.05, 4.69) is 9.88 Å². The Kier molecular flexibility index (Phi) is 4.05. The Morgan fingerprint density at radius 2 is 2.15 bits per heavy atom. The van der Waals surface area contributed by atoms with Crippen molar-refractivity contribution < 1.29 is 9.52 Å². The van der Waals surface area contributed by atoms with Gasteiger partial charge in [0.15, 0.2) is 0 Å². The van der Waals surface area contributed by atoms with Crippen molar-refractivity contribution in [2.45, 2.75) is 25.4 Å². The van der Waals surface area contributed by atoms with Gasteiger partial charge in [0.25, 0.3) is 0 Å². The Balaban J connectivity index is 1.72. The van der Waals surface area contributed by atoms with E-state index in [4.69, 9.17) is 16.0 Å². The minimum Gasteiger partial charge on any atom is -0.444 e. The summed E-state index contributed by atoms with van der Waals surface area (Å²) in [5.74, 6) is 0.608. The Morgan fingerprint density at radius 1 is 1.35 bits per heavy atom. The Morgan fingerprint density at radius 3 is 2.90 bits per heavy atom. The van der Waals surface area contributed by atoms with E-state index in [0.717, 1.165) is 37.2 Å². The fourth-order valence-corrected chi connectivity index (χ4v) is 2.75. The van der Waals surface area contributed by atoms with E-state index in [9.17, 15) is 5.11 Å². The highest BCUT2D eigenvalue weighted by molar-refractivity contribution is 6.30. The molecule has 3 rings (SSSR count). The van der Waals surface area contributed by atoms with Crippen LogP contribution in [0.5, 0.6) is 0 Å². The molecule has 4 nitrogen and oxygen atoms in total. The Labute approximate surface area is 123 Å². The highest BCUT2D eigenvalue weighted by Gasteiger charge is 2.24. The number of benzene rings is 1. The van der Waals surface area contributed by atoms with Gasteiger partial charge in [0.2, 0.25) is 5.89 Å². The van der Waals surface area contributed by atoms with Crippen molar-refractivity contribution in [1.29, 1.82) is 0 Å². The average molecular weight is 293 g/mol. The van der Waals surface area contributed by atoms with Crippen LogP contribution in [0.2, 0.25) is 5.02 Å². The van der Waals surface area contributed by atoms with Crippen molar-refractivity contribution in [3.63, 3.8) is 0 Å². The van der Waals surface area contributed by atoms with E-state index >= 15 is 0 Å². The number of aliphatic hydroxyl groups is 1. The molecule has 2 heterocycles. The number of aliphatic hydroxyl groups excluding tert-OH is 1. The highest BCUT2D eigenvalue weighted by Crippen LogP contribution is 2.23. The molecule has 2 aromatic rings. The van der Waals surface area contributed by atoms with Gasteiger partial charge >= 0.3 is 0 Å². The van der Waals surface area contributed by atoms with E-state index in [1.807, 2.05) is 24.3 Å². The Bertz CT molecular complexity index is 568. The molecule has 1 aromatic carbocycles. The summed E-state index contributed by atoms with van der Waals surface area (Å²) in [5, 5.41) is 10.0. The molecule has 106 valence electrons. The van der Waals surface area contributed by atoms with Gasteiger partial charge in [-0.05, 0) is 43.7 Å².